The van der Waals surface area contributed by atoms with Gasteiger partial charge in [0.2, 0.25) is 10.0 Å². The average Bonchev–Trinajstić information content (AvgIpc) is 2.64. The van der Waals surface area contributed by atoms with E-state index in [1.165, 1.54) is 6.07 Å². The van der Waals surface area contributed by atoms with E-state index < -0.39 is 10.0 Å². The summed E-state index contributed by atoms with van der Waals surface area (Å²) in [7, 11) is -3.53. The highest BCUT2D eigenvalue weighted by Gasteiger charge is 2.24. The molecule has 1 saturated heterocycles. The Labute approximate surface area is 160 Å². The van der Waals surface area contributed by atoms with Gasteiger partial charge in [-0.3, -0.25) is 4.90 Å². The molecule has 5 nitrogen and oxygen atoms in total. The smallest absolute Gasteiger partial charge is 0.240 e. The molecule has 0 bridgehead atoms. The molecule has 7 heteroatoms. The van der Waals surface area contributed by atoms with Crippen molar-refractivity contribution in [1.82, 2.24) is 9.62 Å². The average molecular weight is 395 g/mol. The first kappa shape index (κ1) is 19.2. The predicted octanol–water partition coefficient (Wildman–Crippen LogP) is 3.16. The molecule has 1 fully saturated rings. The number of ether oxygens (including phenoxy) is 1. The van der Waals surface area contributed by atoms with Gasteiger partial charge in [0, 0.05) is 17.6 Å². The molecule has 0 saturated carbocycles. The molecule has 2 aromatic carbocycles. The number of piperidine rings is 1. The van der Waals surface area contributed by atoms with Gasteiger partial charge >= 0.3 is 0 Å². The summed E-state index contributed by atoms with van der Waals surface area (Å²) in [5, 5.41) is 0.418. The van der Waals surface area contributed by atoms with Gasteiger partial charge in [-0.05, 0) is 56.3 Å². The third-order valence-electron chi connectivity index (χ3n) is 4.44. The van der Waals surface area contributed by atoms with Crippen molar-refractivity contribution in [3.63, 3.8) is 0 Å². The quantitative estimate of drug-likeness (QED) is 0.783. The second-order valence-electron chi connectivity index (χ2n) is 6.36. The normalized spacial score (nSPS) is 16.5. The Kier molecular flexibility index (Phi) is 6.53. The Morgan fingerprint density at radius 1 is 1.08 bits per heavy atom. The number of nitrogens with one attached hydrogen (secondary N) is 1. The number of para-hydroxylation sites is 1. The van der Waals surface area contributed by atoms with Crippen LogP contribution in [0.1, 0.15) is 12.8 Å². The molecule has 0 aromatic heterocycles. The molecule has 0 radical (unpaired) electrons. The van der Waals surface area contributed by atoms with Crippen LogP contribution < -0.4 is 9.46 Å². The monoisotopic (exact) mass is 394 g/mol. The van der Waals surface area contributed by atoms with Crippen molar-refractivity contribution >= 4 is 21.6 Å². The summed E-state index contributed by atoms with van der Waals surface area (Å²) in [6, 6.07) is 16.0. The number of hydrogen-bond donors (Lipinski definition) is 1. The first-order valence-corrected chi connectivity index (χ1v) is 10.6. The van der Waals surface area contributed by atoms with Crippen LogP contribution in [-0.2, 0) is 10.0 Å². The Hall–Kier alpha value is -1.60. The lowest BCUT2D eigenvalue weighted by Gasteiger charge is -2.32. The predicted molar refractivity (Wildman–Crippen MR) is 103 cm³/mol. The Balaban J connectivity index is 1.43. The van der Waals surface area contributed by atoms with Crippen molar-refractivity contribution in [2.45, 2.75) is 23.8 Å². The minimum atomic E-state index is -3.53. The number of benzene rings is 2. The molecule has 0 atom stereocenters. The highest BCUT2D eigenvalue weighted by atomic mass is 35.5. The maximum absolute atomic E-state index is 12.5. The zero-order valence-electron chi connectivity index (χ0n) is 14.5. The van der Waals surface area contributed by atoms with Crippen LogP contribution in [0.15, 0.2) is 59.5 Å². The van der Waals surface area contributed by atoms with Crippen LogP contribution in [0.3, 0.4) is 0 Å². The van der Waals surface area contributed by atoms with Crippen molar-refractivity contribution in [3.8, 4) is 5.75 Å². The van der Waals surface area contributed by atoms with Gasteiger partial charge in [0.25, 0.3) is 0 Å². The number of halogens is 1. The van der Waals surface area contributed by atoms with E-state index in [-0.39, 0.29) is 10.9 Å². The van der Waals surface area contributed by atoms with E-state index in [1.807, 2.05) is 30.3 Å². The number of hydrogen-bond acceptors (Lipinski definition) is 4. The standard InChI is InChI=1S/C19H23ClN2O3S/c20-16-5-4-8-19(15-16)26(23,24)21-17-9-11-22(12-10-17)13-14-25-18-6-2-1-3-7-18/h1-8,15,17,21H,9-14H2. The lowest BCUT2D eigenvalue weighted by Crippen LogP contribution is -2.45. The summed E-state index contributed by atoms with van der Waals surface area (Å²) in [6.07, 6.45) is 1.57. The van der Waals surface area contributed by atoms with Crippen molar-refractivity contribution in [3.05, 3.63) is 59.6 Å². The van der Waals surface area contributed by atoms with Gasteiger partial charge < -0.3 is 4.74 Å². The topological polar surface area (TPSA) is 58.6 Å². The van der Waals surface area contributed by atoms with Crippen LogP contribution >= 0.6 is 11.6 Å². The summed E-state index contributed by atoms with van der Waals surface area (Å²) in [5.74, 6) is 0.872. The van der Waals surface area contributed by atoms with Gasteiger partial charge in [0.05, 0.1) is 4.90 Å². The van der Waals surface area contributed by atoms with Crippen LogP contribution in [0.25, 0.3) is 0 Å². The van der Waals surface area contributed by atoms with E-state index in [9.17, 15) is 8.42 Å². The fourth-order valence-electron chi connectivity index (χ4n) is 3.01. The molecule has 1 heterocycles. The van der Waals surface area contributed by atoms with Crippen molar-refractivity contribution in [2.75, 3.05) is 26.2 Å². The van der Waals surface area contributed by atoms with Crippen LogP contribution in [-0.4, -0.2) is 45.6 Å². The molecule has 1 N–H and O–H groups in total. The second-order valence-corrected chi connectivity index (χ2v) is 8.51. The summed E-state index contributed by atoms with van der Waals surface area (Å²) < 4.78 is 33.4. The molecule has 0 amide bonds. The molecule has 1 aliphatic heterocycles. The molecular formula is C19H23ClN2O3S. The largest absolute Gasteiger partial charge is 0.492 e. The summed E-state index contributed by atoms with van der Waals surface area (Å²) in [6.45, 7) is 3.16. The number of likely N-dealkylation sites (tertiary alicyclic amines) is 1. The molecule has 140 valence electrons. The highest BCUT2D eigenvalue weighted by Crippen LogP contribution is 2.18. The molecule has 0 spiro atoms. The SMILES string of the molecule is O=S(=O)(NC1CCN(CCOc2ccccc2)CC1)c1cccc(Cl)c1. The van der Waals surface area contributed by atoms with E-state index in [2.05, 4.69) is 9.62 Å². The molecule has 3 rings (SSSR count). The van der Waals surface area contributed by atoms with Crippen LogP contribution in [0.2, 0.25) is 5.02 Å². The van der Waals surface area contributed by atoms with Gasteiger partial charge in [-0.25, -0.2) is 13.1 Å². The Bertz CT molecular complexity index is 807. The third-order valence-corrected chi connectivity index (χ3v) is 6.19. The van der Waals surface area contributed by atoms with Crippen LogP contribution in [0.4, 0.5) is 0 Å². The van der Waals surface area contributed by atoms with Crippen molar-refractivity contribution in [1.29, 1.82) is 0 Å². The lowest BCUT2D eigenvalue weighted by molar-refractivity contribution is 0.170. The zero-order valence-corrected chi connectivity index (χ0v) is 16.0. The molecule has 0 unspecified atom stereocenters. The number of rotatable bonds is 7. The van der Waals surface area contributed by atoms with Crippen molar-refractivity contribution in [2.24, 2.45) is 0 Å². The molecule has 1 aliphatic rings. The van der Waals surface area contributed by atoms with Crippen molar-refractivity contribution < 1.29 is 13.2 Å². The van der Waals surface area contributed by atoms with Gasteiger partial charge in [-0.15, -0.1) is 0 Å². The molecule has 26 heavy (non-hydrogen) atoms. The van der Waals surface area contributed by atoms with E-state index in [0.29, 0.717) is 11.6 Å². The summed E-state index contributed by atoms with van der Waals surface area (Å²) in [5.41, 5.74) is 0. The second kappa shape index (κ2) is 8.86. The third kappa shape index (κ3) is 5.45. The Morgan fingerprint density at radius 2 is 1.81 bits per heavy atom. The van der Waals surface area contributed by atoms with Gasteiger partial charge in [-0.2, -0.15) is 0 Å². The van der Waals surface area contributed by atoms with E-state index in [1.54, 1.807) is 18.2 Å². The first-order valence-electron chi connectivity index (χ1n) is 8.71. The summed E-state index contributed by atoms with van der Waals surface area (Å²) in [4.78, 5) is 2.51. The maximum Gasteiger partial charge on any atom is 0.240 e. The fourth-order valence-corrected chi connectivity index (χ4v) is 4.61. The van der Waals surface area contributed by atoms with Gasteiger partial charge in [0.1, 0.15) is 12.4 Å². The first-order chi connectivity index (χ1) is 12.5. The lowest BCUT2D eigenvalue weighted by atomic mass is 10.1. The summed E-state index contributed by atoms with van der Waals surface area (Å²) >= 11 is 5.89. The highest BCUT2D eigenvalue weighted by molar-refractivity contribution is 7.89. The molecule has 0 aliphatic carbocycles. The van der Waals surface area contributed by atoms with Gasteiger partial charge in [-0.1, -0.05) is 35.9 Å². The van der Waals surface area contributed by atoms with E-state index >= 15 is 0 Å². The number of nitrogens with zero attached hydrogens (tertiary/aromatic N) is 1. The molecule has 2 aromatic rings. The minimum absolute atomic E-state index is 0.0507. The van der Waals surface area contributed by atoms with E-state index in [0.717, 1.165) is 38.2 Å². The Morgan fingerprint density at radius 3 is 2.50 bits per heavy atom. The fraction of sp³-hybridized carbons (Fsp3) is 0.368. The van der Waals surface area contributed by atoms with E-state index in [4.69, 9.17) is 16.3 Å². The van der Waals surface area contributed by atoms with Crippen LogP contribution in [0.5, 0.6) is 5.75 Å². The van der Waals surface area contributed by atoms with Crippen LogP contribution in [0, 0.1) is 0 Å². The minimum Gasteiger partial charge on any atom is -0.492 e. The zero-order chi connectivity index (χ0) is 18.4. The molecular weight excluding hydrogens is 372 g/mol. The number of sulfonamides is 1. The maximum atomic E-state index is 12.5. The van der Waals surface area contributed by atoms with Gasteiger partial charge in [0.15, 0.2) is 0 Å².